The molecule has 0 spiro atoms. The van der Waals surface area contributed by atoms with E-state index in [1.165, 1.54) is 0 Å². The molecule has 1 aromatic heterocycles. The van der Waals surface area contributed by atoms with Gasteiger partial charge in [-0.25, -0.2) is 0 Å². The zero-order valence-corrected chi connectivity index (χ0v) is 15.8. The highest BCUT2D eigenvalue weighted by atomic mass is 16.4. The highest BCUT2D eigenvalue weighted by Crippen LogP contribution is 2.43. The number of hydrogen-bond donors (Lipinski definition) is 1. The molecule has 1 aromatic rings. The first-order chi connectivity index (χ1) is 12.6. The Morgan fingerprint density at radius 3 is 2.77 bits per heavy atom. The standard InChI is InChI=1S/C20H31N3O3/c1-21-9-3-7-20(19(24)25)8-12-23(15-18(20)21)16-5-10-22(11-6-16)14-17-4-2-13-26-17/h2,4,13,16,18H,3,5-12,14-15H2,1H3,(H,24,25)/t18-,20+/m1/s1. The van der Waals surface area contributed by atoms with Gasteiger partial charge in [0.1, 0.15) is 5.76 Å². The van der Waals surface area contributed by atoms with Crippen LogP contribution in [0.15, 0.2) is 22.8 Å². The second kappa shape index (κ2) is 7.33. The molecule has 0 saturated carbocycles. The molecule has 6 heteroatoms. The number of carbonyl (C=O) groups is 1. The third-order valence-corrected chi connectivity index (χ3v) is 7.02. The molecule has 0 unspecified atom stereocenters. The quantitative estimate of drug-likeness (QED) is 0.886. The van der Waals surface area contributed by atoms with Crippen LogP contribution in [0.25, 0.3) is 0 Å². The Balaban J connectivity index is 1.36. The number of carboxylic acids is 1. The molecule has 3 aliphatic heterocycles. The van der Waals surface area contributed by atoms with E-state index in [9.17, 15) is 9.90 Å². The summed E-state index contributed by atoms with van der Waals surface area (Å²) < 4.78 is 5.47. The monoisotopic (exact) mass is 361 g/mol. The fourth-order valence-corrected chi connectivity index (χ4v) is 5.40. The first kappa shape index (κ1) is 18.0. The van der Waals surface area contributed by atoms with Crippen LogP contribution in [0.2, 0.25) is 0 Å². The molecule has 144 valence electrons. The average Bonchev–Trinajstić information content (AvgIpc) is 3.15. The zero-order chi connectivity index (χ0) is 18.1. The second-order valence-electron chi connectivity index (χ2n) is 8.39. The van der Waals surface area contributed by atoms with Crippen LogP contribution in [0.5, 0.6) is 0 Å². The van der Waals surface area contributed by atoms with E-state index in [4.69, 9.17) is 4.42 Å². The summed E-state index contributed by atoms with van der Waals surface area (Å²) >= 11 is 0. The number of aliphatic carboxylic acids is 1. The molecule has 0 bridgehead atoms. The van der Waals surface area contributed by atoms with Crippen molar-refractivity contribution in [3.63, 3.8) is 0 Å². The van der Waals surface area contributed by atoms with Crippen molar-refractivity contribution in [2.45, 2.75) is 50.7 Å². The van der Waals surface area contributed by atoms with Gasteiger partial charge < -0.3 is 14.4 Å². The van der Waals surface area contributed by atoms with Crippen molar-refractivity contribution >= 4 is 5.97 Å². The van der Waals surface area contributed by atoms with Crippen LogP contribution in [0.1, 0.15) is 37.9 Å². The van der Waals surface area contributed by atoms with E-state index in [2.05, 4.69) is 21.7 Å². The number of hydrogen-bond acceptors (Lipinski definition) is 5. The molecule has 0 aliphatic carbocycles. The second-order valence-corrected chi connectivity index (χ2v) is 8.39. The Kier molecular flexibility index (Phi) is 5.08. The lowest BCUT2D eigenvalue weighted by atomic mass is 9.68. The highest BCUT2D eigenvalue weighted by molar-refractivity contribution is 5.76. The van der Waals surface area contributed by atoms with Gasteiger partial charge in [0.05, 0.1) is 18.2 Å². The molecule has 0 radical (unpaired) electrons. The first-order valence-electron chi connectivity index (χ1n) is 10.0. The molecule has 6 nitrogen and oxygen atoms in total. The Morgan fingerprint density at radius 1 is 1.27 bits per heavy atom. The maximum absolute atomic E-state index is 12.1. The van der Waals surface area contributed by atoms with E-state index < -0.39 is 11.4 Å². The lowest BCUT2D eigenvalue weighted by Crippen LogP contribution is -2.64. The van der Waals surface area contributed by atoms with Crippen molar-refractivity contribution in [1.82, 2.24) is 14.7 Å². The SMILES string of the molecule is CN1CCC[C@]2(C(=O)O)CCN(C3CCN(Cc4ccco4)CC3)C[C@@H]12. The molecule has 4 rings (SSSR count). The predicted molar refractivity (Wildman–Crippen MR) is 98.9 cm³/mol. The number of likely N-dealkylation sites (N-methyl/N-ethyl adjacent to an activating group) is 1. The van der Waals surface area contributed by atoms with E-state index in [1.54, 1.807) is 6.26 Å². The van der Waals surface area contributed by atoms with Gasteiger partial charge in [-0.05, 0) is 64.4 Å². The smallest absolute Gasteiger partial charge is 0.311 e. The maximum atomic E-state index is 12.1. The summed E-state index contributed by atoms with van der Waals surface area (Å²) in [5, 5.41) is 9.93. The number of nitrogens with zero attached hydrogens (tertiary/aromatic N) is 3. The zero-order valence-electron chi connectivity index (χ0n) is 15.8. The summed E-state index contributed by atoms with van der Waals surface area (Å²) in [6.07, 6.45) is 6.71. The summed E-state index contributed by atoms with van der Waals surface area (Å²) in [6.45, 7) is 5.94. The third-order valence-electron chi connectivity index (χ3n) is 7.02. The van der Waals surface area contributed by atoms with Crippen LogP contribution in [-0.2, 0) is 11.3 Å². The fraction of sp³-hybridized carbons (Fsp3) is 0.750. The summed E-state index contributed by atoms with van der Waals surface area (Å²) in [7, 11) is 2.11. The highest BCUT2D eigenvalue weighted by Gasteiger charge is 2.52. The number of piperidine rings is 3. The lowest BCUT2D eigenvalue weighted by molar-refractivity contribution is -0.163. The van der Waals surface area contributed by atoms with Crippen LogP contribution in [0.3, 0.4) is 0 Å². The van der Waals surface area contributed by atoms with Crippen molar-refractivity contribution in [2.24, 2.45) is 5.41 Å². The summed E-state index contributed by atoms with van der Waals surface area (Å²) in [5.41, 5.74) is -0.524. The van der Waals surface area contributed by atoms with Gasteiger partial charge in [0.15, 0.2) is 0 Å². The van der Waals surface area contributed by atoms with Crippen LogP contribution < -0.4 is 0 Å². The van der Waals surface area contributed by atoms with Crippen molar-refractivity contribution in [3.05, 3.63) is 24.2 Å². The Bertz CT molecular complexity index is 612. The van der Waals surface area contributed by atoms with Gasteiger partial charge in [0.2, 0.25) is 0 Å². The average molecular weight is 361 g/mol. The molecular weight excluding hydrogens is 330 g/mol. The van der Waals surface area contributed by atoms with Gasteiger partial charge in [-0.3, -0.25) is 14.6 Å². The van der Waals surface area contributed by atoms with E-state index in [0.29, 0.717) is 6.04 Å². The lowest BCUT2D eigenvalue weighted by Gasteiger charge is -2.54. The minimum atomic E-state index is -0.582. The minimum Gasteiger partial charge on any atom is -0.481 e. The molecular formula is C20H31N3O3. The molecule has 1 N–H and O–H groups in total. The molecule has 3 saturated heterocycles. The number of rotatable bonds is 4. The molecule has 0 amide bonds. The molecule has 3 aliphatic rings. The van der Waals surface area contributed by atoms with Crippen LogP contribution >= 0.6 is 0 Å². The van der Waals surface area contributed by atoms with Crippen molar-refractivity contribution in [1.29, 1.82) is 0 Å². The Hall–Kier alpha value is -1.37. The Morgan fingerprint density at radius 2 is 2.08 bits per heavy atom. The van der Waals surface area contributed by atoms with Crippen LogP contribution in [0.4, 0.5) is 0 Å². The van der Waals surface area contributed by atoms with Gasteiger partial charge in [-0.15, -0.1) is 0 Å². The minimum absolute atomic E-state index is 0.156. The number of furan rings is 1. The van der Waals surface area contributed by atoms with E-state index >= 15 is 0 Å². The van der Waals surface area contributed by atoms with Crippen molar-refractivity contribution in [3.8, 4) is 0 Å². The predicted octanol–water partition coefficient (Wildman–Crippen LogP) is 2.11. The maximum Gasteiger partial charge on any atom is 0.311 e. The van der Waals surface area contributed by atoms with Gasteiger partial charge in [0.25, 0.3) is 0 Å². The van der Waals surface area contributed by atoms with E-state index in [-0.39, 0.29) is 6.04 Å². The fourth-order valence-electron chi connectivity index (χ4n) is 5.40. The van der Waals surface area contributed by atoms with Crippen LogP contribution in [-0.4, -0.2) is 77.6 Å². The van der Waals surface area contributed by atoms with Gasteiger partial charge in [-0.2, -0.15) is 0 Å². The largest absolute Gasteiger partial charge is 0.481 e. The Labute approximate surface area is 155 Å². The third kappa shape index (κ3) is 3.30. The summed E-state index contributed by atoms with van der Waals surface area (Å²) in [6, 6.07) is 4.74. The molecule has 0 aromatic carbocycles. The molecule has 2 atom stereocenters. The first-order valence-corrected chi connectivity index (χ1v) is 10.0. The normalized spacial score (nSPS) is 32.4. The van der Waals surface area contributed by atoms with Gasteiger partial charge in [0, 0.05) is 31.7 Å². The van der Waals surface area contributed by atoms with Gasteiger partial charge in [-0.1, -0.05) is 0 Å². The molecule has 26 heavy (non-hydrogen) atoms. The van der Waals surface area contributed by atoms with Crippen LogP contribution in [0, 0.1) is 5.41 Å². The van der Waals surface area contributed by atoms with Gasteiger partial charge >= 0.3 is 5.97 Å². The van der Waals surface area contributed by atoms with Crippen molar-refractivity contribution in [2.75, 3.05) is 39.8 Å². The summed E-state index contributed by atoms with van der Waals surface area (Å²) in [4.78, 5) is 19.4. The number of fused-ring (bicyclic) bond motifs is 1. The molecule has 3 fully saturated rings. The van der Waals surface area contributed by atoms with Crippen molar-refractivity contribution < 1.29 is 14.3 Å². The van der Waals surface area contributed by atoms with E-state index in [0.717, 1.165) is 77.1 Å². The topological polar surface area (TPSA) is 60.2 Å². The number of carboxylic acid groups (broad SMARTS) is 1. The van der Waals surface area contributed by atoms with E-state index in [1.807, 2.05) is 12.1 Å². The molecule has 4 heterocycles. The summed E-state index contributed by atoms with van der Waals surface area (Å²) in [5.74, 6) is 0.457. The number of likely N-dealkylation sites (tertiary alicyclic amines) is 3.